The van der Waals surface area contributed by atoms with Gasteiger partial charge in [-0.25, -0.2) is 0 Å². The fourth-order valence-corrected chi connectivity index (χ4v) is 4.74. The largest absolute Gasteiger partial charge is 0.756 e. The van der Waals surface area contributed by atoms with E-state index in [0.717, 1.165) is 51.4 Å². The number of phosphoric ester groups is 1. The van der Waals surface area contributed by atoms with Crippen LogP contribution in [0.4, 0.5) is 0 Å². The van der Waals surface area contributed by atoms with Crippen LogP contribution >= 0.6 is 7.82 Å². The Labute approximate surface area is 214 Å². The number of quaternary nitrogens is 1. The van der Waals surface area contributed by atoms with Crippen molar-refractivity contribution < 1.29 is 23.4 Å². The van der Waals surface area contributed by atoms with Gasteiger partial charge in [-0.05, 0) is 43.9 Å². The van der Waals surface area contributed by atoms with Gasteiger partial charge in [0, 0.05) is 0 Å². The van der Waals surface area contributed by atoms with E-state index in [9.17, 15) is 9.46 Å². The van der Waals surface area contributed by atoms with Crippen LogP contribution in [-0.2, 0) is 13.6 Å². The van der Waals surface area contributed by atoms with E-state index in [2.05, 4.69) is 48.5 Å². The van der Waals surface area contributed by atoms with Crippen molar-refractivity contribution in [3.05, 3.63) is 0 Å². The zero-order chi connectivity index (χ0) is 26.1. The first kappa shape index (κ1) is 36.2. The van der Waals surface area contributed by atoms with Gasteiger partial charge in [-0.3, -0.25) is 4.57 Å². The van der Waals surface area contributed by atoms with E-state index in [1.54, 1.807) is 0 Å². The van der Waals surface area contributed by atoms with E-state index in [-0.39, 0.29) is 13.2 Å². The molecular weight excluding hydrogens is 445 g/mol. The number of hydrogen-bond donors (Lipinski definition) is 1. The Bertz CT molecular complexity index is 407. The first-order chi connectivity index (χ1) is 16.3. The molecule has 6 heteroatoms. The summed E-state index contributed by atoms with van der Waals surface area (Å²) in [6.45, 7) is 20.0. The molecular formula is C28H62NO4P. The Kier molecular flexibility index (Phi) is 27.9. The Hall–Kier alpha value is 0.0700. The number of rotatable bonds is 23. The van der Waals surface area contributed by atoms with Crippen molar-refractivity contribution in [3.63, 3.8) is 0 Å². The molecule has 0 bridgehead atoms. The van der Waals surface area contributed by atoms with Gasteiger partial charge in [-0.15, -0.1) is 0 Å². The van der Waals surface area contributed by atoms with E-state index < -0.39 is 7.82 Å². The molecule has 0 aliphatic rings. The molecule has 0 radical (unpaired) electrons. The second kappa shape index (κ2) is 26.1. The number of phosphoric acid groups is 1. The van der Waals surface area contributed by atoms with Gasteiger partial charge in [0.05, 0.1) is 32.8 Å². The van der Waals surface area contributed by atoms with Crippen molar-refractivity contribution in [2.24, 2.45) is 11.8 Å². The SMILES string of the molecule is CCCCC(CC)COP(=O)([O-])OCC(CC)CCCC.CCCC[NH+](CCCC)CCCC. The van der Waals surface area contributed by atoms with Crippen LogP contribution in [0.1, 0.15) is 138 Å². The van der Waals surface area contributed by atoms with Gasteiger partial charge in [0.1, 0.15) is 0 Å². The van der Waals surface area contributed by atoms with Crippen LogP contribution in [0.2, 0.25) is 0 Å². The summed E-state index contributed by atoms with van der Waals surface area (Å²) in [6.07, 6.45) is 16.6. The average Bonchev–Trinajstić information content (AvgIpc) is 2.84. The third-order valence-electron chi connectivity index (χ3n) is 6.67. The van der Waals surface area contributed by atoms with E-state index in [1.807, 2.05) is 4.90 Å². The second-order valence-corrected chi connectivity index (χ2v) is 11.3. The zero-order valence-corrected chi connectivity index (χ0v) is 25.1. The zero-order valence-electron chi connectivity index (χ0n) is 24.2. The molecule has 0 saturated carbocycles. The maximum absolute atomic E-state index is 11.8. The normalized spacial score (nSPS) is 15.0. The lowest BCUT2D eigenvalue weighted by Gasteiger charge is -2.27. The minimum absolute atomic E-state index is 0.253. The standard InChI is InChI=1S/C16H35O4P.C12H27N/c1-5-9-11-15(7-3)13-19-21(17,18)20-14-16(8-4)12-10-6-2;1-4-7-10-13(11-8-5-2)12-9-6-3/h15-16H,5-14H2,1-4H3,(H,17,18);4-12H2,1-3H3. The third-order valence-corrected chi connectivity index (χ3v) is 7.61. The lowest BCUT2D eigenvalue weighted by atomic mass is 10.0. The van der Waals surface area contributed by atoms with Gasteiger partial charge in [0.2, 0.25) is 0 Å². The average molecular weight is 508 g/mol. The molecule has 1 N–H and O–H groups in total. The molecule has 0 aromatic carbocycles. The molecule has 0 aromatic rings. The van der Waals surface area contributed by atoms with Gasteiger partial charge in [0.25, 0.3) is 7.82 Å². The molecule has 0 heterocycles. The smallest absolute Gasteiger partial charge is 0.267 e. The predicted octanol–water partition coefficient (Wildman–Crippen LogP) is 7.19. The molecule has 0 saturated heterocycles. The Morgan fingerprint density at radius 3 is 1.21 bits per heavy atom. The summed E-state index contributed by atoms with van der Waals surface area (Å²) in [5, 5.41) is 0. The van der Waals surface area contributed by atoms with Crippen LogP contribution in [-0.4, -0.2) is 32.8 Å². The highest BCUT2D eigenvalue weighted by Crippen LogP contribution is 2.40. The van der Waals surface area contributed by atoms with Crippen molar-refractivity contribution in [2.75, 3.05) is 32.8 Å². The van der Waals surface area contributed by atoms with Crippen molar-refractivity contribution in [3.8, 4) is 0 Å². The van der Waals surface area contributed by atoms with E-state index >= 15 is 0 Å². The third kappa shape index (κ3) is 23.8. The molecule has 2 unspecified atom stereocenters. The molecule has 0 spiro atoms. The van der Waals surface area contributed by atoms with Crippen LogP contribution in [0.5, 0.6) is 0 Å². The van der Waals surface area contributed by atoms with Crippen LogP contribution in [0.15, 0.2) is 0 Å². The van der Waals surface area contributed by atoms with Gasteiger partial charge in [-0.1, -0.05) is 106 Å². The number of nitrogens with one attached hydrogen (secondary N) is 1. The summed E-state index contributed by atoms with van der Waals surface area (Å²) in [5.74, 6) is 0.607. The van der Waals surface area contributed by atoms with E-state index in [0.29, 0.717) is 11.8 Å². The molecule has 0 fully saturated rings. The molecule has 0 aromatic heterocycles. The molecule has 208 valence electrons. The fraction of sp³-hybridized carbons (Fsp3) is 1.00. The van der Waals surface area contributed by atoms with Crippen LogP contribution in [0, 0.1) is 11.8 Å². The molecule has 0 aliphatic carbocycles. The van der Waals surface area contributed by atoms with Gasteiger partial charge in [-0.2, -0.15) is 0 Å². The Balaban J connectivity index is 0. The summed E-state index contributed by atoms with van der Waals surface area (Å²) in [4.78, 5) is 13.6. The monoisotopic (exact) mass is 507 g/mol. The summed E-state index contributed by atoms with van der Waals surface area (Å²) < 4.78 is 21.9. The highest BCUT2D eigenvalue weighted by Gasteiger charge is 2.16. The predicted molar refractivity (Wildman–Crippen MR) is 146 cm³/mol. The Morgan fingerprint density at radius 2 is 0.941 bits per heavy atom. The van der Waals surface area contributed by atoms with Crippen LogP contribution in [0.25, 0.3) is 0 Å². The summed E-state index contributed by atoms with van der Waals surface area (Å²) in [7, 11) is -4.14. The number of hydrogen-bond acceptors (Lipinski definition) is 4. The van der Waals surface area contributed by atoms with E-state index in [1.165, 1.54) is 58.2 Å². The first-order valence-corrected chi connectivity index (χ1v) is 16.2. The van der Waals surface area contributed by atoms with E-state index in [4.69, 9.17) is 9.05 Å². The maximum atomic E-state index is 11.8. The molecule has 5 nitrogen and oxygen atoms in total. The highest BCUT2D eigenvalue weighted by molar-refractivity contribution is 7.45. The Morgan fingerprint density at radius 1 is 0.618 bits per heavy atom. The summed E-state index contributed by atoms with van der Waals surface area (Å²) in [6, 6.07) is 0. The summed E-state index contributed by atoms with van der Waals surface area (Å²) in [5.41, 5.74) is 0. The minimum Gasteiger partial charge on any atom is -0.756 e. The van der Waals surface area contributed by atoms with Crippen LogP contribution < -0.4 is 9.79 Å². The highest BCUT2D eigenvalue weighted by atomic mass is 31.2. The lowest BCUT2D eigenvalue weighted by Crippen LogP contribution is -3.12. The van der Waals surface area contributed by atoms with Gasteiger partial charge in [0.15, 0.2) is 0 Å². The second-order valence-electron chi connectivity index (χ2n) is 9.93. The molecule has 0 amide bonds. The fourth-order valence-electron chi connectivity index (χ4n) is 3.88. The summed E-state index contributed by atoms with van der Waals surface area (Å²) >= 11 is 0. The number of unbranched alkanes of at least 4 members (excludes halogenated alkanes) is 5. The first-order valence-electron chi connectivity index (χ1n) is 14.8. The van der Waals surface area contributed by atoms with Crippen molar-refractivity contribution in [1.29, 1.82) is 0 Å². The molecule has 0 rings (SSSR count). The minimum atomic E-state index is -4.14. The quantitative estimate of drug-likeness (QED) is 0.149. The van der Waals surface area contributed by atoms with Gasteiger partial charge < -0.3 is 18.8 Å². The van der Waals surface area contributed by atoms with Gasteiger partial charge >= 0.3 is 0 Å². The molecule has 34 heavy (non-hydrogen) atoms. The van der Waals surface area contributed by atoms with Crippen molar-refractivity contribution in [1.82, 2.24) is 0 Å². The van der Waals surface area contributed by atoms with Crippen molar-refractivity contribution >= 4 is 7.82 Å². The maximum Gasteiger partial charge on any atom is 0.267 e. The van der Waals surface area contributed by atoms with Crippen molar-refractivity contribution in [2.45, 2.75) is 138 Å². The lowest BCUT2D eigenvalue weighted by molar-refractivity contribution is -0.900. The molecule has 0 aliphatic heterocycles. The molecule has 2 atom stereocenters. The topological polar surface area (TPSA) is 63.0 Å². The van der Waals surface area contributed by atoms with Crippen LogP contribution in [0.3, 0.4) is 0 Å².